The molecule has 2 unspecified atom stereocenters. The first kappa shape index (κ1) is 13.2. The molecular formula is C13H22N2O. The van der Waals surface area contributed by atoms with Crippen molar-refractivity contribution in [3.8, 4) is 0 Å². The van der Waals surface area contributed by atoms with Gasteiger partial charge in [0.15, 0.2) is 0 Å². The SMILES string of the molecule is COCC(C)N(C)CC(N)c1ccccc1. The van der Waals surface area contributed by atoms with Crippen LogP contribution >= 0.6 is 0 Å². The van der Waals surface area contributed by atoms with E-state index in [0.717, 1.165) is 13.2 Å². The molecule has 0 saturated carbocycles. The summed E-state index contributed by atoms with van der Waals surface area (Å²) in [5, 5.41) is 0. The van der Waals surface area contributed by atoms with Crippen LogP contribution in [0.2, 0.25) is 0 Å². The normalized spacial score (nSPS) is 15.1. The van der Waals surface area contributed by atoms with Crippen LogP contribution in [0.3, 0.4) is 0 Å². The van der Waals surface area contributed by atoms with E-state index in [9.17, 15) is 0 Å². The second-order valence-electron chi connectivity index (χ2n) is 4.26. The van der Waals surface area contributed by atoms with E-state index in [1.54, 1.807) is 7.11 Å². The minimum atomic E-state index is 0.0607. The van der Waals surface area contributed by atoms with Crippen LogP contribution in [-0.2, 0) is 4.74 Å². The Morgan fingerprint density at radius 2 is 1.94 bits per heavy atom. The average Bonchev–Trinajstić information content (AvgIpc) is 2.30. The Hall–Kier alpha value is -0.900. The maximum Gasteiger partial charge on any atom is 0.0615 e. The van der Waals surface area contributed by atoms with Crippen molar-refractivity contribution in [2.75, 3.05) is 27.3 Å². The molecule has 16 heavy (non-hydrogen) atoms. The molecule has 3 heteroatoms. The van der Waals surface area contributed by atoms with Gasteiger partial charge in [0, 0.05) is 25.7 Å². The highest BCUT2D eigenvalue weighted by molar-refractivity contribution is 5.18. The molecule has 0 aromatic heterocycles. The van der Waals surface area contributed by atoms with Gasteiger partial charge in [-0.05, 0) is 19.5 Å². The van der Waals surface area contributed by atoms with Gasteiger partial charge in [-0.2, -0.15) is 0 Å². The van der Waals surface area contributed by atoms with Gasteiger partial charge in [-0.3, -0.25) is 4.90 Å². The fourth-order valence-electron chi connectivity index (χ4n) is 1.66. The Bertz CT molecular complexity index is 289. The quantitative estimate of drug-likeness (QED) is 0.795. The minimum absolute atomic E-state index is 0.0607. The van der Waals surface area contributed by atoms with Gasteiger partial charge in [-0.1, -0.05) is 30.3 Å². The second kappa shape index (κ2) is 6.63. The number of methoxy groups -OCH3 is 1. The predicted octanol–water partition coefficient (Wildman–Crippen LogP) is 1.65. The Morgan fingerprint density at radius 1 is 1.31 bits per heavy atom. The zero-order chi connectivity index (χ0) is 12.0. The second-order valence-corrected chi connectivity index (χ2v) is 4.26. The van der Waals surface area contributed by atoms with Gasteiger partial charge in [0.1, 0.15) is 0 Å². The maximum absolute atomic E-state index is 6.15. The molecule has 0 heterocycles. The van der Waals surface area contributed by atoms with Gasteiger partial charge < -0.3 is 10.5 Å². The molecule has 0 bridgehead atoms. The van der Waals surface area contributed by atoms with Gasteiger partial charge in [-0.25, -0.2) is 0 Å². The van der Waals surface area contributed by atoms with Gasteiger partial charge in [0.05, 0.1) is 6.61 Å². The number of nitrogens with two attached hydrogens (primary N) is 1. The molecule has 0 aliphatic rings. The highest BCUT2D eigenvalue weighted by Crippen LogP contribution is 2.11. The summed E-state index contributed by atoms with van der Waals surface area (Å²) in [6.45, 7) is 3.72. The summed E-state index contributed by atoms with van der Waals surface area (Å²) in [5.41, 5.74) is 7.33. The molecule has 2 atom stereocenters. The molecule has 3 nitrogen and oxygen atoms in total. The number of nitrogens with zero attached hydrogens (tertiary/aromatic N) is 1. The van der Waals surface area contributed by atoms with Crippen LogP contribution in [-0.4, -0.2) is 38.3 Å². The van der Waals surface area contributed by atoms with E-state index in [0.29, 0.717) is 6.04 Å². The number of hydrogen-bond donors (Lipinski definition) is 1. The van der Waals surface area contributed by atoms with Gasteiger partial charge in [0.2, 0.25) is 0 Å². The molecule has 1 aromatic rings. The highest BCUT2D eigenvalue weighted by Gasteiger charge is 2.13. The molecule has 0 spiro atoms. The van der Waals surface area contributed by atoms with Crippen LogP contribution in [0.25, 0.3) is 0 Å². The van der Waals surface area contributed by atoms with Crippen molar-refractivity contribution in [1.82, 2.24) is 4.90 Å². The fourth-order valence-corrected chi connectivity index (χ4v) is 1.66. The predicted molar refractivity (Wildman–Crippen MR) is 67.3 cm³/mol. The lowest BCUT2D eigenvalue weighted by atomic mass is 10.1. The summed E-state index contributed by atoms with van der Waals surface area (Å²) in [7, 11) is 3.80. The molecule has 1 aromatic carbocycles. The number of ether oxygens (including phenoxy) is 1. The smallest absolute Gasteiger partial charge is 0.0615 e. The molecule has 90 valence electrons. The summed E-state index contributed by atoms with van der Waals surface area (Å²) in [5.74, 6) is 0. The lowest BCUT2D eigenvalue weighted by molar-refractivity contribution is 0.112. The van der Waals surface area contributed by atoms with Crippen LogP contribution in [0, 0.1) is 0 Å². The van der Waals surface area contributed by atoms with Crippen LogP contribution < -0.4 is 5.73 Å². The summed E-state index contributed by atoms with van der Waals surface area (Å²) in [6, 6.07) is 10.6. The first-order valence-corrected chi connectivity index (χ1v) is 5.65. The van der Waals surface area contributed by atoms with Crippen molar-refractivity contribution in [3.05, 3.63) is 35.9 Å². The molecule has 0 aliphatic carbocycles. The molecule has 2 N–H and O–H groups in total. The summed E-state index contributed by atoms with van der Waals surface area (Å²) in [4.78, 5) is 2.22. The Labute approximate surface area is 98.2 Å². The molecular weight excluding hydrogens is 200 g/mol. The van der Waals surface area contributed by atoms with E-state index in [2.05, 4.69) is 31.0 Å². The highest BCUT2D eigenvalue weighted by atomic mass is 16.5. The van der Waals surface area contributed by atoms with E-state index in [4.69, 9.17) is 10.5 Å². The first-order chi connectivity index (χ1) is 7.65. The minimum Gasteiger partial charge on any atom is -0.383 e. The lowest BCUT2D eigenvalue weighted by Gasteiger charge is -2.27. The Kier molecular flexibility index (Phi) is 5.46. The topological polar surface area (TPSA) is 38.5 Å². The van der Waals surface area contributed by atoms with E-state index in [1.165, 1.54) is 5.56 Å². The lowest BCUT2D eigenvalue weighted by Crippen LogP contribution is -2.37. The third kappa shape index (κ3) is 3.93. The zero-order valence-corrected chi connectivity index (χ0v) is 10.4. The van der Waals surface area contributed by atoms with Crippen molar-refractivity contribution in [1.29, 1.82) is 0 Å². The van der Waals surface area contributed by atoms with Crippen molar-refractivity contribution in [2.24, 2.45) is 5.73 Å². The molecule has 1 rings (SSSR count). The van der Waals surface area contributed by atoms with Crippen molar-refractivity contribution >= 4 is 0 Å². The van der Waals surface area contributed by atoms with Crippen LogP contribution in [0.4, 0.5) is 0 Å². The van der Waals surface area contributed by atoms with E-state index >= 15 is 0 Å². The number of likely N-dealkylation sites (N-methyl/N-ethyl adjacent to an activating group) is 1. The fraction of sp³-hybridized carbons (Fsp3) is 0.538. The van der Waals surface area contributed by atoms with Gasteiger partial charge >= 0.3 is 0 Å². The molecule has 0 amide bonds. The maximum atomic E-state index is 6.15. The number of hydrogen-bond acceptors (Lipinski definition) is 3. The number of benzene rings is 1. The van der Waals surface area contributed by atoms with E-state index in [1.807, 2.05) is 18.2 Å². The number of rotatable bonds is 6. The van der Waals surface area contributed by atoms with E-state index < -0.39 is 0 Å². The van der Waals surface area contributed by atoms with Crippen LogP contribution in [0.15, 0.2) is 30.3 Å². The molecule has 0 saturated heterocycles. The van der Waals surface area contributed by atoms with Crippen LogP contribution in [0.5, 0.6) is 0 Å². The monoisotopic (exact) mass is 222 g/mol. The summed E-state index contributed by atoms with van der Waals surface area (Å²) < 4.78 is 5.13. The average molecular weight is 222 g/mol. The molecule has 0 aliphatic heterocycles. The Balaban J connectivity index is 2.48. The van der Waals surface area contributed by atoms with Crippen molar-refractivity contribution in [3.63, 3.8) is 0 Å². The van der Waals surface area contributed by atoms with Gasteiger partial charge in [-0.15, -0.1) is 0 Å². The van der Waals surface area contributed by atoms with Crippen LogP contribution in [0.1, 0.15) is 18.5 Å². The van der Waals surface area contributed by atoms with E-state index in [-0.39, 0.29) is 6.04 Å². The third-order valence-corrected chi connectivity index (χ3v) is 2.87. The van der Waals surface area contributed by atoms with Crippen molar-refractivity contribution in [2.45, 2.75) is 19.0 Å². The molecule has 0 fully saturated rings. The molecule has 0 radical (unpaired) electrons. The van der Waals surface area contributed by atoms with Crippen molar-refractivity contribution < 1.29 is 4.74 Å². The zero-order valence-electron chi connectivity index (χ0n) is 10.4. The van der Waals surface area contributed by atoms with Gasteiger partial charge in [0.25, 0.3) is 0 Å². The summed E-state index contributed by atoms with van der Waals surface area (Å²) >= 11 is 0. The largest absolute Gasteiger partial charge is 0.383 e. The third-order valence-electron chi connectivity index (χ3n) is 2.87. The summed E-state index contributed by atoms with van der Waals surface area (Å²) in [6.07, 6.45) is 0. The first-order valence-electron chi connectivity index (χ1n) is 5.65. The standard InChI is InChI=1S/C13H22N2O/c1-11(10-16-3)15(2)9-13(14)12-7-5-4-6-8-12/h4-8,11,13H,9-10,14H2,1-3H3. The Morgan fingerprint density at radius 3 is 2.50 bits per heavy atom.